The van der Waals surface area contributed by atoms with E-state index in [0.717, 1.165) is 16.7 Å². The van der Waals surface area contributed by atoms with E-state index in [4.69, 9.17) is 14.2 Å². The number of carbonyl (C=O) groups excluding carboxylic acids is 1. The maximum absolute atomic E-state index is 11.7. The Bertz CT molecular complexity index is 858. The minimum absolute atomic E-state index is 0.261. The molecule has 0 aliphatic heterocycles. The predicted octanol–water partition coefficient (Wildman–Crippen LogP) is 5.52. The molecule has 0 saturated carbocycles. The summed E-state index contributed by atoms with van der Waals surface area (Å²) in [5.41, 5.74) is 2.23. The highest BCUT2D eigenvalue weighted by Gasteiger charge is 2.38. The lowest BCUT2D eigenvalue weighted by molar-refractivity contribution is -0.142. The molecule has 0 radical (unpaired) electrons. The van der Waals surface area contributed by atoms with Gasteiger partial charge in [0.05, 0.1) is 26.4 Å². The van der Waals surface area contributed by atoms with Gasteiger partial charge in [0.1, 0.15) is 5.60 Å². The largest absolute Gasteiger partial charge is 0.469 e. The normalized spacial score (nSPS) is 12.2. The molecule has 1 atom stereocenters. The Kier molecular flexibility index (Phi) is 8.79. The Balaban J connectivity index is 2.01. The van der Waals surface area contributed by atoms with Gasteiger partial charge >= 0.3 is 5.97 Å². The molecule has 3 aromatic rings. The molecule has 0 aliphatic rings. The van der Waals surface area contributed by atoms with Crippen molar-refractivity contribution < 1.29 is 19.0 Å². The second-order valence-corrected chi connectivity index (χ2v) is 7.45. The Labute approximate surface area is 190 Å². The van der Waals surface area contributed by atoms with Crippen LogP contribution in [0.25, 0.3) is 0 Å². The van der Waals surface area contributed by atoms with Crippen LogP contribution in [0.15, 0.2) is 104 Å². The number of hydrogen-bond acceptors (Lipinski definition) is 4. The molecule has 1 unspecified atom stereocenters. The van der Waals surface area contributed by atoms with Crippen LogP contribution < -0.4 is 0 Å². The van der Waals surface area contributed by atoms with Crippen LogP contribution in [0.4, 0.5) is 0 Å². The van der Waals surface area contributed by atoms with E-state index in [1.165, 1.54) is 7.11 Å². The maximum atomic E-state index is 11.7. The first kappa shape index (κ1) is 23.5. The molecule has 0 spiro atoms. The van der Waals surface area contributed by atoms with E-state index in [0.29, 0.717) is 19.6 Å². The van der Waals surface area contributed by atoms with E-state index >= 15 is 0 Å². The molecule has 166 valence electrons. The van der Waals surface area contributed by atoms with E-state index < -0.39 is 5.60 Å². The number of hydrogen-bond donors (Lipinski definition) is 0. The van der Waals surface area contributed by atoms with E-state index in [2.05, 4.69) is 43.0 Å². The summed E-state index contributed by atoms with van der Waals surface area (Å²) in [6.07, 6.45) is 2.16. The number of esters is 1. The minimum Gasteiger partial charge on any atom is -0.469 e. The van der Waals surface area contributed by atoms with Crippen molar-refractivity contribution in [2.24, 2.45) is 0 Å². The summed E-state index contributed by atoms with van der Waals surface area (Å²) in [5.74, 6) is -0.266. The van der Waals surface area contributed by atoms with Gasteiger partial charge in [-0.1, -0.05) is 97.1 Å². The molecular weight excluding hydrogens is 400 g/mol. The molecule has 0 N–H and O–H groups in total. The molecule has 0 saturated heterocycles. The number of carbonyl (C=O) groups is 1. The van der Waals surface area contributed by atoms with E-state index in [9.17, 15) is 4.79 Å². The van der Waals surface area contributed by atoms with Crippen LogP contribution in [-0.2, 0) is 24.6 Å². The average molecular weight is 431 g/mol. The van der Waals surface area contributed by atoms with Crippen LogP contribution in [0.5, 0.6) is 0 Å². The second kappa shape index (κ2) is 12.0. The van der Waals surface area contributed by atoms with Crippen molar-refractivity contribution in [2.45, 2.75) is 24.5 Å². The number of methoxy groups -OCH3 is 1. The highest BCUT2D eigenvalue weighted by Crippen LogP contribution is 2.40. The van der Waals surface area contributed by atoms with Crippen molar-refractivity contribution in [1.82, 2.24) is 0 Å². The van der Waals surface area contributed by atoms with E-state index in [1.54, 1.807) is 6.08 Å². The SMILES string of the molecule is C=CCOC(CCC(=O)OC)COC(c1ccccc1)(c1ccccc1)c1ccccc1. The molecule has 0 bridgehead atoms. The van der Waals surface area contributed by atoms with Crippen LogP contribution in [0, 0.1) is 0 Å². The lowest BCUT2D eigenvalue weighted by Crippen LogP contribution is -2.36. The van der Waals surface area contributed by atoms with Gasteiger partial charge in [0.25, 0.3) is 0 Å². The van der Waals surface area contributed by atoms with Gasteiger partial charge in [0.15, 0.2) is 0 Å². The van der Waals surface area contributed by atoms with Crippen molar-refractivity contribution >= 4 is 5.97 Å². The van der Waals surface area contributed by atoms with Crippen molar-refractivity contribution in [3.8, 4) is 0 Å². The number of benzene rings is 3. The minimum atomic E-state index is -0.829. The van der Waals surface area contributed by atoms with Crippen LogP contribution >= 0.6 is 0 Å². The molecule has 3 rings (SSSR count). The summed E-state index contributed by atoms with van der Waals surface area (Å²) < 4.78 is 17.5. The molecule has 4 nitrogen and oxygen atoms in total. The van der Waals surface area contributed by atoms with Crippen molar-refractivity contribution in [2.75, 3.05) is 20.3 Å². The summed E-state index contributed by atoms with van der Waals surface area (Å²) in [5, 5.41) is 0. The molecule has 0 aromatic heterocycles. The van der Waals surface area contributed by atoms with Gasteiger partial charge in [-0.3, -0.25) is 4.79 Å². The summed E-state index contributed by atoms with van der Waals surface area (Å²) >= 11 is 0. The maximum Gasteiger partial charge on any atom is 0.305 e. The highest BCUT2D eigenvalue weighted by molar-refractivity contribution is 5.69. The Morgan fingerprint density at radius 2 is 1.34 bits per heavy atom. The summed E-state index contributed by atoms with van der Waals surface area (Å²) in [6.45, 7) is 4.41. The standard InChI is InChI=1S/C28H30O4/c1-3-21-31-26(19-20-27(29)30-2)22-32-28(23-13-7-4-8-14-23,24-15-9-5-10-16-24)25-17-11-6-12-18-25/h3-18,26H,1,19-22H2,2H3. The van der Waals surface area contributed by atoms with Crippen LogP contribution in [0.1, 0.15) is 29.5 Å². The van der Waals surface area contributed by atoms with Gasteiger partial charge in [-0.15, -0.1) is 6.58 Å². The van der Waals surface area contributed by atoms with Crippen molar-refractivity contribution in [1.29, 1.82) is 0 Å². The quantitative estimate of drug-likeness (QED) is 0.216. The molecule has 0 amide bonds. The van der Waals surface area contributed by atoms with Crippen molar-refractivity contribution in [3.63, 3.8) is 0 Å². The van der Waals surface area contributed by atoms with Crippen LogP contribution in [0.3, 0.4) is 0 Å². The fraction of sp³-hybridized carbons (Fsp3) is 0.250. The molecule has 32 heavy (non-hydrogen) atoms. The van der Waals surface area contributed by atoms with Gasteiger partial charge in [-0.05, 0) is 23.1 Å². The van der Waals surface area contributed by atoms with Gasteiger partial charge in [0, 0.05) is 6.42 Å². The zero-order chi connectivity index (χ0) is 22.7. The first-order valence-electron chi connectivity index (χ1n) is 10.8. The zero-order valence-electron chi connectivity index (χ0n) is 18.5. The third-order valence-corrected chi connectivity index (χ3v) is 5.37. The van der Waals surface area contributed by atoms with Gasteiger partial charge in [0.2, 0.25) is 0 Å². The van der Waals surface area contributed by atoms with Gasteiger partial charge in [-0.2, -0.15) is 0 Å². The zero-order valence-corrected chi connectivity index (χ0v) is 18.5. The fourth-order valence-electron chi connectivity index (χ4n) is 3.79. The number of rotatable bonds is 12. The van der Waals surface area contributed by atoms with Crippen molar-refractivity contribution in [3.05, 3.63) is 120 Å². The van der Waals surface area contributed by atoms with Crippen LogP contribution in [-0.4, -0.2) is 32.4 Å². The first-order valence-corrected chi connectivity index (χ1v) is 10.8. The highest BCUT2D eigenvalue weighted by atomic mass is 16.5. The molecule has 0 aliphatic carbocycles. The Morgan fingerprint density at radius 3 is 1.75 bits per heavy atom. The summed E-state index contributed by atoms with van der Waals surface area (Å²) in [4.78, 5) is 11.7. The third-order valence-electron chi connectivity index (χ3n) is 5.37. The first-order chi connectivity index (χ1) is 15.7. The Hall–Kier alpha value is -3.21. The molecule has 4 heteroatoms. The average Bonchev–Trinajstić information content (AvgIpc) is 2.87. The smallest absolute Gasteiger partial charge is 0.305 e. The Morgan fingerprint density at radius 1 is 0.875 bits per heavy atom. The third kappa shape index (κ3) is 5.72. The monoisotopic (exact) mass is 430 g/mol. The van der Waals surface area contributed by atoms with Gasteiger partial charge < -0.3 is 14.2 Å². The molecule has 0 fully saturated rings. The van der Waals surface area contributed by atoms with E-state index in [1.807, 2.05) is 54.6 Å². The fourth-order valence-corrected chi connectivity index (χ4v) is 3.79. The number of ether oxygens (including phenoxy) is 3. The predicted molar refractivity (Wildman–Crippen MR) is 126 cm³/mol. The summed E-state index contributed by atoms with van der Waals surface area (Å²) in [7, 11) is 1.39. The summed E-state index contributed by atoms with van der Waals surface area (Å²) in [6, 6.07) is 30.6. The van der Waals surface area contributed by atoms with Crippen LogP contribution in [0.2, 0.25) is 0 Å². The molecular formula is C28H30O4. The van der Waals surface area contributed by atoms with E-state index in [-0.39, 0.29) is 18.5 Å². The molecule has 3 aromatic carbocycles. The lowest BCUT2D eigenvalue weighted by atomic mass is 9.80. The molecule has 0 heterocycles. The second-order valence-electron chi connectivity index (χ2n) is 7.45. The van der Waals surface area contributed by atoms with Gasteiger partial charge in [-0.25, -0.2) is 0 Å². The topological polar surface area (TPSA) is 44.8 Å². The lowest BCUT2D eigenvalue weighted by Gasteiger charge is -2.37.